The van der Waals surface area contributed by atoms with Crippen LogP contribution in [0.4, 0.5) is 0 Å². The molecular formula is C9H15NO4S. The molecule has 0 rings (SSSR count). The van der Waals surface area contributed by atoms with Crippen LogP contribution >= 0.6 is 0 Å². The fourth-order valence-corrected chi connectivity index (χ4v) is 1.78. The van der Waals surface area contributed by atoms with E-state index in [0.29, 0.717) is 6.42 Å². The van der Waals surface area contributed by atoms with Gasteiger partial charge in [0.05, 0.1) is 7.11 Å². The summed E-state index contributed by atoms with van der Waals surface area (Å²) in [4.78, 5) is 11.0. The molecule has 0 aromatic carbocycles. The lowest BCUT2D eigenvalue weighted by atomic mass is 10.4. The molecule has 15 heavy (non-hydrogen) atoms. The van der Waals surface area contributed by atoms with Gasteiger partial charge in [0.25, 0.3) is 0 Å². The highest BCUT2D eigenvalue weighted by atomic mass is 32.2. The van der Waals surface area contributed by atoms with Crippen molar-refractivity contribution in [1.29, 1.82) is 0 Å². The summed E-state index contributed by atoms with van der Waals surface area (Å²) >= 11 is 0. The molecule has 5 nitrogen and oxygen atoms in total. The summed E-state index contributed by atoms with van der Waals surface area (Å²) in [6.07, 6.45) is 0.420. The molecule has 1 unspecified atom stereocenters. The zero-order chi connectivity index (χ0) is 11.9. The van der Waals surface area contributed by atoms with Crippen LogP contribution in [-0.4, -0.2) is 33.3 Å². The Morgan fingerprint density at radius 1 is 1.53 bits per heavy atom. The van der Waals surface area contributed by atoms with Crippen molar-refractivity contribution in [2.24, 2.45) is 0 Å². The standard InChI is InChI=1S/C9H15NO4S/c1-4-5-6-7-10-15(12,13)8(2)9(11)14-3/h8,10H,6-7H2,1-3H3. The van der Waals surface area contributed by atoms with E-state index in [-0.39, 0.29) is 6.54 Å². The molecule has 0 aliphatic heterocycles. The second-order valence-electron chi connectivity index (χ2n) is 2.78. The molecule has 0 saturated heterocycles. The Kier molecular flexibility index (Phi) is 5.97. The van der Waals surface area contributed by atoms with E-state index in [2.05, 4.69) is 21.3 Å². The van der Waals surface area contributed by atoms with E-state index in [1.165, 1.54) is 6.92 Å². The Labute approximate surface area is 90.2 Å². The summed E-state index contributed by atoms with van der Waals surface area (Å²) < 4.78 is 29.5. The number of nitrogens with one attached hydrogen (secondary N) is 1. The molecule has 6 heteroatoms. The van der Waals surface area contributed by atoms with Crippen molar-refractivity contribution < 1.29 is 17.9 Å². The second-order valence-corrected chi connectivity index (χ2v) is 4.87. The van der Waals surface area contributed by atoms with Crippen LogP contribution in [-0.2, 0) is 19.6 Å². The molecule has 0 amide bonds. The maximum absolute atomic E-state index is 11.4. The summed E-state index contributed by atoms with van der Waals surface area (Å²) in [5, 5.41) is -1.20. The van der Waals surface area contributed by atoms with Gasteiger partial charge in [-0.25, -0.2) is 13.1 Å². The van der Waals surface area contributed by atoms with Crippen LogP contribution in [0.1, 0.15) is 20.3 Å². The number of rotatable bonds is 5. The van der Waals surface area contributed by atoms with Crippen molar-refractivity contribution in [2.45, 2.75) is 25.5 Å². The predicted octanol–water partition coefficient (Wildman–Crippen LogP) is -0.119. The van der Waals surface area contributed by atoms with Crippen LogP contribution in [0.2, 0.25) is 0 Å². The summed E-state index contributed by atoms with van der Waals surface area (Å²) in [6.45, 7) is 3.15. The molecule has 0 fully saturated rings. The highest BCUT2D eigenvalue weighted by molar-refractivity contribution is 7.90. The lowest BCUT2D eigenvalue weighted by Gasteiger charge is -2.10. The number of esters is 1. The Balaban J connectivity index is 4.28. The number of hydrogen-bond donors (Lipinski definition) is 1. The van der Waals surface area contributed by atoms with Gasteiger partial charge in [0.2, 0.25) is 10.0 Å². The number of carbonyl (C=O) groups is 1. The Morgan fingerprint density at radius 2 is 2.13 bits per heavy atom. The highest BCUT2D eigenvalue weighted by Gasteiger charge is 2.27. The van der Waals surface area contributed by atoms with Crippen molar-refractivity contribution in [3.63, 3.8) is 0 Å². The van der Waals surface area contributed by atoms with E-state index < -0.39 is 21.2 Å². The van der Waals surface area contributed by atoms with Gasteiger partial charge >= 0.3 is 5.97 Å². The van der Waals surface area contributed by atoms with E-state index in [9.17, 15) is 13.2 Å². The lowest BCUT2D eigenvalue weighted by molar-refractivity contribution is -0.139. The molecule has 0 aliphatic rings. The number of ether oxygens (including phenoxy) is 1. The third-order valence-corrected chi connectivity index (χ3v) is 3.46. The van der Waals surface area contributed by atoms with E-state index >= 15 is 0 Å². The average Bonchev–Trinajstić information content (AvgIpc) is 2.22. The summed E-state index contributed by atoms with van der Waals surface area (Å²) in [6, 6.07) is 0. The van der Waals surface area contributed by atoms with E-state index in [0.717, 1.165) is 7.11 Å². The van der Waals surface area contributed by atoms with Crippen molar-refractivity contribution in [2.75, 3.05) is 13.7 Å². The van der Waals surface area contributed by atoms with Gasteiger partial charge in [0, 0.05) is 13.0 Å². The maximum Gasteiger partial charge on any atom is 0.325 e. The monoisotopic (exact) mass is 233 g/mol. The third kappa shape index (κ3) is 4.81. The first-order valence-corrected chi connectivity index (χ1v) is 5.96. The SMILES string of the molecule is CC#CCCNS(=O)(=O)C(C)C(=O)OC. The topological polar surface area (TPSA) is 72.5 Å². The minimum Gasteiger partial charge on any atom is -0.468 e. The van der Waals surface area contributed by atoms with Crippen LogP contribution in [0, 0.1) is 11.8 Å². The third-order valence-electron chi connectivity index (χ3n) is 1.73. The van der Waals surface area contributed by atoms with Gasteiger partial charge in [-0.2, -0.15) is 0 Å². The smallest absolute Gasteiger partial charge is 0.325 e. The van der Waals surface area contributed by atoms with Crippen molar-refractivity contribution in [3.8, 4) is 11.8 Å². The lowest BCUT2D eigenvalue weighted by Crippen LogP contribution is -2.38. The molecule has 0 aliphatic carbocycles. The molecule has 0 saturated carbocycles. The molecule has 86 valence electrons. The molecule has 0 radical (unpaired) electrons. The zero-order valence-corrected chi connectivity index (χ0v) is 9.85. The molecule has 0 bridgehead atoms. The van der Waals surface area contributed by atoms with Crippen LogP contribution < -0.4 is 4.72 Å². The van der Waals surface area contributed by atoms with Crippen LogP contribution in [0.15, 0.2) is 0 Å². The minimum absolute atomic E-state index is 0.199. The van der Waals surface area contributed by atoms with E-state index in [4.69, 9.17) is 0 Å². The molecule has 1 atom stereocenters. The highest BCUT2D eigenvalue weighted by Crippen LogP contribution is 2.00. The van der Waals surface area contributed by atoms with Gasteiger partial charge in [-0.05, 0) is 13.8 Å². The normalized spacial score (nSPS) is 12.5. The summed E-state index contributed by atoms with van der Waals surface area (Å²) in [7, 11) is -2.49. The number of methoxy groups -OCH3 is 1. The fraction of sp³-hybridized carbons (Fsp3) is 0.667. The Hall–Kier alpha value is -1.06. The first kappa shape index (κ1) is 13.9. The molecule has 0 spiro atoms. The van der Waals surface area contributed by atoms with Gasteiger partial charge in [0.1, 0.15) is 0 Å². The molecular weight excluding hydrogens is 218 g/mol. The molecule has 1 N–H and O–H groups in total. The first-order valence-electron chi connectivity index (χ1n) is 4.41. The van der Waals surface area contributed by atoms with Gasteiger partial charge < -0.3 is 4.74 Å². The van der Waals surface area contributed by atoms with Crippen LogP contribution in [0.25, 0.3) is 0 Å². The molecule has 0 aromatic heterocycles. The van der Waals surface area contributed by atoms with Gasteiger partial charge in [0.15, 0.2) is 5.25 Å². The van der Waals surface area contributed by atoms with Crippen molar-refractivity contribution >= 4 is 16.0 Å². The summed E-state index contributed by atoms with van der Waals surface area (Å²) in [5.41, 5.74) is 0. The first-order chi connectivity index (χ1) is 6.95. The largest absolute Gasteiger partial charge is 0.468 e. The van der Waals surface area contributed by atoms with Crippen LogP contribution in [0.3, 0.4) is 0 Å². The number of hydrogen-bond acceptors (Lipinski definition) is 4. The van der Waals surface area contributed by atoms with Crippen molar-refractivity contribution in [1.82, 2.24) is 4.72 Å². The summed E-state index contributed by atoms with van der Waals surface area (Å²) in [5.74, 6) is 4.58. The van der Waals surface area contributed by atoms with Crippen molar-refractivity contribution in [3.05, 3.63) is 0 Å². The molecule has 0 aromatic rings. The second kappa shape index (κ2) is 6.43. The molecule has 0 heterocycles. The van der Waals surface area contributed by atoms with Gasteiger partial charge in [-0.15, -0.1) is 11.8 Å². The predicted molar refractivity (Wildman–Crippen MR) is 56.5 cm³/mol. The quantitative estimate of drug-likeness (QED) is 0.408. The zero-order valence-electron chi connectivity index (χ0n) is 9.03. The number of sulfonamides is 1. The number of carbonyl (C=O) groups excluding carboxylic acids is 1. The Bertz CT molecular complexity index is 363. The maximum atomic E-state index is 11.4. The Morgan fingerprint density at radius 3 is 2.60 bits per heavy atom. The minimum atomic E-state index is -3.64. The van der Waals surface area contributed by atoms with Gasteiger partial charge in [-0.1, -0.05) is 0 Å². The van der Waals surface area contributed by atoms with E-state index in [1.54, 1.807) is 6.92 Å². The van der Waals surface area contributed by atoms with Gasteiger partial charge in [-0.3, -0.25) is 4.79 Å². The fourth-order valence-electron chi connectivity index (χ4n) is 0.798. The van der Waals surface area contributed by atoms with Crippen LogP contribution in [0.5, 0.6) is 0 Å². The van der Waals surface area contributed by atoms with E-state index in [1.807, 2.05) is 0 Å². The average molecular weight is 233 g/mol.